The Balaban J connectivity index is 2.56. The van der Waals surface area contributed by atoms with Gasteiger partial charge in [-0.1, -0.05) is 52.8 Å². The molecule has 0 aliphatic rings. The minimum Gasteiger partial charge on any atom is -0.618 e. The number of aryl methyl sites for hydroxylation is 1. The largest absolute Gasteiger partial charge is 0.618 e. The third-order valence-electron chi connectivity index (χ3n) is 3.85. The maximum Gasteiger partial charge on any atom is 0.227 e. The zero-order valence-corrected chi connectivity index (χ0v) is 14.1. The Morgan fingerprint density at radius 2 is 1.77 bits per heavy atom. The van der Waals surface area contributed by atoms with Crippen LogP contribution in [0, 0.1) is 12.1 Å². The van der Waals surface area contributed by atoms with Gasteiger partial charge in [0.15, 0.2) is 5.69 Å². The van der Waals surface area contributed by atoms with Crippen LogP contribution in [-0.2, 0) is 0 Å². The highest BCUT2D eigenvalue weighted by molar-refractivity contribution is 9.10. The third-order valence-corrected chi connectivity index (χ3v) is 4.35. The van der Waals surface area contributed by atoms with E-state index in [1.54, 1.807) is 0 Å². The van der Waals surface area contributed by atoms with E-state index in [1.165, 1.54) is 0 Å². The van der Waals surface area contributed by atoms with E-state index in [-0.39, 0.29) is 0 Å². The Morgan fingerprint density at radius 3 is 2.41 bits per heavy atom. The molecule has 0 fully saturated rings. The van der Waals surface area contributed by atoms with Crippen LogP contribution >= 0.6 is 15.9 Å². The smallest absolute Gasteiger partial charge is 0.227 e. The van der Waals surface area contributed by atoms with Gasteiger partial charge in [0.05, 0.1) is 10.9 Å². The highest BCUT2D eigenvalue weighted by atomic mass is 79.9. The molecular weight excluding hydrogens is 338 g/mol. The van der Waals surface area contributed by atoms with Gasteiger partial charge < -0.3 is 5.21 Å². The summed E-state index contributed by atoms with van der Waals surface area (Å²) in [6.07, 6.45) is 0. The second-order valence-corrected chi connectivity index (χ2v) is 6.36. The Bertz CT molecular complexity index is 885. The first-order chi connectivity index (χ1) is 10.5. The molecule has 3 heteroatoms. The molecule has 0 spiro atoms. The van der Waals surface area contributed by atoms with Crippen molar-refractivity contribution in [2.75, 3.05) is 0 Å². The normalized spacial score (nSPS) is 10.9. The number of halogens is 1. The number of aromatic nitrogens is 1. The van der Waals surface area contributed by atoms with Gasteiger partial charge in [0.25, 0.3) is 0 Å². The van der Waals surface area contributed by atoms with E-state index < -0.39 is 0 Å². The van der Waals surface area contributed by atoms with Crippen LogP contribution in [0.1, 0.15) is 18.3 Å². The van der Waals surface area contributed by atoms with Crippen molar-refractivity contribution in [2.45, 2.75) is 13.8 Å². The molecule has 2 aromatic carbocycles. The molecule has 1 aromatic heterocycles. The van der Waals surface area contributed by atoms with Crippen LogP contribution in [0.4, 0.5) is 0 Å². The summed E-state index contributed by atoms with van der Waals surface area (Å²) in [4.78, 5) is 0. The average Bonchev–Trinajstić information content (AvgIpc) is 2.51. The van der Waals surface area contributed by atoms with Crippen molar-refractivity contribution in [3.63, 3.8) is 0 Å². The number of pyridine rings is 1. The first kappa shape index (κ1) is 14.8. The van der Waals surface area contributed by atoms with Crippen LogP contribution in [0.5, 0.6) is 0 Å². The monoisotopic (exact) mass is 353 g/mol. The Kier molecular flexibility index (Phi) is 3.75. The van der Waals surface area contributed by atoms with Crippen molar-refractivity contribution in [3.05, 3.63) is 76.2 Å². The zero-order chi connectivity index (χ0) is 15.9. The topological polar surface area (TPSA) is 26.9 Å². The third kappa shape index (κ3) is 2.32. The van der Waals surface area contributed by atoms with E-state index >= 15 is 0 Å². The Morgan fingerprint density at radius 1 is 1.09 bits per heavy atom. The number of hydrogen-bond acceptors (Lipinski definition) is 1. The average molecular weight is 354 g/mol. The number of rotatable bonds is 2. The maximum absolute atomic E-state index is 12.7. The van der Waals surface area contributed by atoms with Gasteiger partial charge in [-0.25, -0.2) is 0 Å². The van der Waals surface area contributed by atoms with Gasteiger partial charge in [-0.05, 0) is 30.7 Å². The summed E-state index contributed by atoms with van der Waals surface area (Å²) >= 11 is 3.54. The first-order valence-corrected chi connectivity index (χ1v) is 7.86. The maximum atomic E-state index is 12.7. The van der Waals surface area contributed by atoms with E-state index in [4.69, 9.17) is 0 Å². The number of allylic oxidation sites excluding steroid dienone is 1. The second-order valence-electron chi connectivity index (χ2n) is 5.44. The van der Waals surface area contributed by atoms with Crippen molar-refractivity contribution in [2.24, 2.45) is 0 Å². The summed E-state index contributed by atoms with van der Waals surface area (Å²) in [5, 5.41) is 14.8. The van der Waals surface area contributed by atoms with E-state index in [2.05, 4.69) is 28.6 Å². The van der Waals surface area contributed by atoms with Gasteiger partial charge in [0.1, 0.15) is 0 Å². The van der Waals surface area contributed by atoms with Crippen LogP contribution < -0.4 is 4.73 Å². The molecule has 22 heavy (non-hydrogen) atoms. The molecule has 1 heterocycles. The lowest BCUT2D eigenvalue weighted by atomic mass is 9.93. The lowest BCUT2D eigenvalue weighted by molar-refractivity contribution is -0.612. The molecular formula is C19H16BrNO. The van der Waals surface area contributed by atoms with E-state index in [9.17, 15) is 5.21 Å². The summed E-state index contributed by atoms with van der Waals surface area (Å²) < 4.78 is 1.99. The standard InChI is InChI=1S/C19H16BrNO/c1-12(2)19-18(14-7-5-4-6-8-14)17-11-15(20)9-10-16(17)13(3)21(19)22/h4-11H,1H2,2-3H3. The summed E-state index contributed by atoms with van der Waals surface area (Å²) in [5.41, 5.74) is 4.05. The lowest BCUT2D eigenvalue weighted by Crippen LogP contribution is -2.35. The van der Waals surface area contributed by atoms with Gasteiger partial charge in [-0.2, -0.15) is 4.73 Å². The van der Waals surface area contributed by atoms with Crippen LogP contribution in [0.25, 0.3) is 27.5 Å². The fourth-order valence-corrected chi connectivity index (χ4v) is 3.19. The molecule has 0 atom stereocenters. The van der Waals surface area contributed by atoms with Crippen molar-refractivity contribution < 1.29 is 4.73 Å². The molecule has 3 aromatic rings. The van der Waals surface area contributed by atoms with Gasteiger partial charge >= 0.3 is 0 Å². The minimum atomic E-state index is 0.634. The molecule has 0 unspecified atom stereocenters. The zero-order valence-electron chi connectivity index (χ0n) is 12.6. The van der Waals surface area contributed by atoms with E-state index in [0.717, 1.165) is 36.7 Å². The highest BCUT2D eigenvalue weighted by Gasteiger charge is 2.22. The number of fused-ring (bicyclic) bond motifs is 1. The van der Waals surface area contributed by atoms with Gasteiger partial charge in [0, 0.05) is 22.4 Å². The summed E-state index contributed by atoms with van der Waals surface area (Å²) in [7, 11) is 0. The molecule has 2 nitrogen and oxygen atoms in total. The fourth-order valence-electron chi connectivity index (χ4n) is 2.83. The fraction of sp³-hybridized carbons (Fsp3) is 0.105. The van der Waals surface area contributed by atoms with Gasteiger partial charge in [0.2, 0.25) is 5.69 Å². The highest BCUT2D eigenvalue weighted by Crippen LogP contribution is 2.35. The summed E-state index contributed by atoms with van der Waals surface area (Å²) in [6.45, 7) is 7.74. The lowest BCUT2D eigenvalue weighted by Gasteiger charge is -2.16. The molecule has 3 rings (SSSR count). The SMILES string of the molecule is C=C(C)c1c(-c2ccccc2)c2cc(Br)ccc2c(C)[n+]1[O-]. The predicted molar refractivity (Wildman–Crippen MR) is 95.5 cm³/mol. The first-order valence-electron chi connectivity index (χ1n) is 7.07. The van der Waals surface area contributed by atoms with Gasteiger partial charge in [-0.3, -0.25) is 0 Å². The van der Waals surface area contributed by atoms with Crippen molar-refractivity contribution in [1.82, 2.24) is 0 Å². The molecule has 0 radical (unpaired) electrons. The number of nitrogens with zero attached hydrogens (tertiary/aromatic N) is 1. The van der Waals surface area contributed by atoms with E-state index in [1.807, 2.05) is 56.3 Å². The van der Waals surface area contributed by atoms with Crippen molar-refractivity contribution >= 4 is 32.3 Å². The molecule has 0 N–H and O–H groups in total. The number of hydrogen-bond donors (Lipinski definition) is 0. The van der Waals surface area contributed by atoms with Crippen LogP contribution in [0.2, 0.25) is 0 Å². The van der Waals surface area contributed by atoms with Crippen LogP contribution in [0.3, 0.4) is 0 Å². The van der Waals surface area contributed by atoms with E-state index in [0.29, 0.717) is 11.4 Å². The molecule has 0 aliphatic carbocycles. The van der Waals surface area contributed by atoms with Crippen LogP contribution in [0.15, 0.2) is 59.6 Å². The molecule has 0 bridgehead atoms. The molecule has 0 saturated heterocycles. The van der Waals surface area contributed by atoms with Crippen molar-refractivity contribution in [3.8, 4) is 11.1 Å². The summed E-state index contributed by atoms with van der Waals surface area (Å²) in [5.74, 6) is 0. The molecule has 0 aliphatic heterocycles. The molecule has 0 saturated carbocycles. The quantitative estimate of drug-likeness (QED) is 0.456. The number of benzene rings is 2. The Hall–Kier alpha value is -2.13. The van der Waals surface area contributed by atoms with Crippen LogP contribution in [-0.4, -0.2) is 0 Å². The minimum absolute atomic E-state index is 0.634. The predicted octanol–water partition coefficient (Wildman–Crippen LogP) is 5.24. The van der Waals surface area contributed by atoms with Gasteiger partial charge in [-0.15, -0.1) is 0 Å². The molecule has 0 amide bonds. The Labute approximate surface area is 138 Å². The summed E-state index contributed by atoms with van der Waals surface area (Å²) in [6, 6.07) is 16.0. The van der Waals surface area contributed by atoms with Crippen molar-refractivity contribution in [1.29, 1.82) is 0 Å². The molecule has 110 valence electrons. The second kappa shape index (κ2) is 5.58.